The molecular formula is C9H14ClN5O. The number of halogens is 1. The van der Waals surface area contributed by atoms with E-state index in [0.29, 0.717) is 12.4 Å². The number of aromatic nitrogens is 2. The van der Waals surface area contributed by atoms with E-state index < -0.39 is 0 Å². The average Bonchev–Trinajstić information content (AvgIpc) is 2.29. The molecule has 7 heteroatoms. The molecule has 0 spiro atoms. The number of anilines is 2. The molecule has 0 saturated heterocycles. The van der Waals surface area contributed by atoms with Crippen LogP contribution in [0.4, 0.5) is 11.6 Å². The van der Waals surface area contributed by atoms with Crippen LogP contribution in [0, 0.1) is 0 Å². The fraction of sp³-hybridized carbons (Fsp3) is 0.444. The average molecular weight is 244 g/mol. The van der Waals surface area contributed by atoms with Gasteiger partial charge in [0, 0.05) is 13.6 Å². The van der Waals surface area contributed by atoms with Gasteiger partial charge in [0.25, 0.3) is 0 Å². The molecule has 0 aliphatic carbocycles. The van der Waals surface area contributed by atoms with Crippen molar-refractivity contribution in [2.24, 2.45) is 0 Å². The van der Waals surface area contributed by atoms with Crippen molar-refractivity contribution in [1.29, 1.82) is 0 Å². The number of carbonyl (C=O) groups excluding carboxylic acids is 1. The molecule has 0 aliphatic heterocycles. The topological polar surface area (TPSA) is 84.1 Å². The fourth-order valence-corrected chi connectivity index (χ4v) is 1.40. The summed E-state index contributed by atoms with van der Waals surface area (Å²) in [5, 5.41) is 2.81. The second-order valence-electron chi connectivity index (χ2n) is 3.08. The molecule has 1 aromatic rings. The van der Waals surface area contributed by atoms with Gasteiger partial charge in [-0.15, -0.1) is 0 Å². The Balaban J connectivity index is 2.95. The second kappa shape index (κ2) is 5.50. The first kappa shape index (κ1) is 12.5. The van der Waals surface area contributed by atoms with Crippen molar-refractivity contribution in [3.05, 3.63) is 11.3 Å². The van der Waals surface area contributed by atoms with Crippen LogP contribution in [0.5, 0.6) is 0 Å². The maximum Gasteiger partial charge on any atom is 0.239 e. The quantitative estimate of drug-likeness (QED) is 0.794. The molecule has 0 atom stereocenters. The van der Waals surface area contributed by atoms with Crippen LogP contribution in [0.3, 0.4) is 0 Å². The molecule has 1 aromatic heterocycles. The maximum atomic E-state index is 11.3. The predicted octanol–water partition coefficient (Wildman–Crippen LogP) is 0.285. The lowest BCUT2D eigenvalue weighted by Crippen LogP contribution is -2.36. The summed E-state index contributed by atoms with van der Waals surface area (Å²) in [5.41, 5.74) is 5.57. The normalized spacial score (nSPS) is 9.94. The zero-order chi connectivity index (χ0) is 12.1. The van der Waals surface area contributed by atoms with Gasteiger partial charge in [-0.2, -0.15) is 0 Å². The minimum Gasteiger partial charge on any atom is -0.382 e. The standard InChI is InChI=1S/C9H14ClN5O/c1-3-15(4-6(16)12-2)9-7(10)8(11)13-5-14-9/h5H,3-4H2,1-2H3,(H,12,16)(H2,11,13,14). The Kier molecular flexibility index (Phi) is 4.30. The van der Waals surface area contributed by atoms with E-state index in [9.17, 15) is 4.79 Å². The predicted molar refractivity (Wildman–Crippen MR) is 63.4 cm³/mol. The van der Waals surface area contributed by atoms with Gasteiger partial charge in [-0.1, -0.05) is 11.6 Å². The Morgan fingerprint density at radius 2 is 2.31 bits per heavy atom. The van der Waals surface area contributed by atoms with E-state index in [1.165, 1.54) is 6.33 Å². The van der Waals surface area contributed by atoms with Gasteiger partial charge in [0.05, 0.1) is 6.54 Å². The summed E-state index contributed by atoms with van der Waals surface area (Å²) in [7, 11) is 1.58. The fourth-order valence-electron chi connectivity index (χ4n) is 1.18. The van der Waals surface area contributed by atoms with Crippen LogP contribution in [0.15, 0.2) is 6.33 Å². The van der Waals surface area contributed by atoms with Crippen molar-refractivity contribution >= 4 is 29.1 Å². The first-order valence-electron chi connectivity index (χ1n) is 4.81. The van der Waals surface area contributed by atoms with Gasteiger partial charge < -0.3 is 16.0 Å². The van der Waals surface area contributed by atoms with Crippen LogP contribution in [-0.4, -0.2) is 36.0 Å². The lowest BCUT2D eigenvalue weighted by atomic mass is 10.4. The first-order valence-corrected chi connectivity index (χ1v) is 5.19. The molecule has 0 bridgehead atoms. The molecule has 1 heterocycles. The number of hydrogen-bond acceptors (Lipinski definition) is 5. The van der Waals surface area contributed by atoms with E-state index in [-0.39, 0.29) is 23.3 Å². The smallest absolute Gasteiger partial charge is 0.239 e. The zero-order valence-electron chi connectivity index (χ0n) is 9.20. The molecule has 0 saturated carbocycles. The third kappa shape index (κ3) is 2.73. The zero-order valence-corrected chi connectivity index (χ0v) is 9.95. The molecule has 0 aliphatic rings. The molecule has 6 nitrogen and oxygen atoms in total. The minimum absolute atomic E-state index is 0.116. The highest BCUT2D eigenvalue weighted by Crippen LogP contribution is 2.26. The first-order chi connectivity index (χ1) is 7.60. The van der Waals surface area contributed by atoms with E-state index in [2.05, 4.69) is 15.3 Å². The van der Waals surface area contributed by atoms with Crippen molar-refractivity contribution < 1.29 is 4.79 Å². The third-order valence-corrected chi connectivity index (χ3v) is 2.46. The maximum absolute atomic E-state index is 11.3. The van der Waals surface area contributed by atoms with Crippen LogP contribution in [-0.2, 0) is 4.79 Å². The Labute approximate surface area is 98.8 Å². The lowest BCUT2D eigenvalue weighted by molar-refractivity contribution is -0.119. The largest absolute Gasteiger partial charge is 0.382 e. The van der Waals surface area contributed by atoms with Crippen molar-refractivity contribution in [2.75, 3.05) is 30.8 Å². The number of nitrogen functional groups attached to an aromatic ring is 1. The summed E-state index contributed by atoms with van der Waals surface area (Å²) < 4.78 is 0. The highest BCUT2D eigenvalue weighted by atomic mass is 35.5. The number of nitrogens with one attached hydrogen (secondary N) is 1. The highest BCUT2D eigenvalue weighted by Gasteiger charge is 2.15. The van der Waals surface area contributed by atoms with E-state index >= 15 is 0 Å². The number of likely N-dealkylation sites (N-methyl/N-ethyl adjacent to an activating group) is 2. The highest BCUT2D eigenvalue weighted by molar-refractivity contribution is 6.35. The Bertz CT molecular complexity index is 384. The molecule has 88 valence electrons. The van der Waals surface area contributed by atoms with Crippen LogP contribution in [0.2, 0.25) is 5.02 Å². The van der Waals surface area contributed by atoms with Crippen LogP contribution >= 0.6 is 11.6 Å². The summed E-state index contributed by atoms with van der Waals surface area (Å²) >= 11 is 5.97. The summed E-state index contributed by atoms with van der Waals surface area (Å²) in [5.74, 6) is 0.567. The second-order valence-corrected chi connectivity index (χ2v) is 3.46. The molecule has 1 rings (SSSR count). The number of nitrogens with two attached hydrogens (primary N) is 1. The molecular weight excluding hydrogens is 230 g/mol. The van der Waals surface area contributed by atoms with Crippen LogP contribution in [0.1, 0.15) is 6.92 Å². The summed E-state index contributed by atoms with van der Waals surface area (Å²) in [4.78, 5) is 20.8. The van der Waals surface area contributed by atoms with E-state index in [4.69, 9.17) is 17.3 Å². The molecule has 16 heavy (non-hydrogen) atoms. The summed E-state index contributed by atoms with van der Waals surface area (Å²) in [6, 6.07) is 0. The van der Waals surface area contributed by atoms with Gasteiger partial charge in [-0.3, -0.25) is 4.79 Å². The SMILES string of the molecule is CCN(CC(=O)NC)c1ncnc(N)c1Cl. The van der Waals surface area contributed by atoms with Crippen molar-refractivity contribution in [3.8, 4) is 0 Å². The summed E-state index contributed by atoms with van der Waals surface area (Å²) in [6.07, 6.45) is 1.32. The summed E-state index contributed by atoms with van der Waals surface area (Å²) in [6.45, 7) is 2.68. The Morgan fingerprint density at radius 3 is 2.88 bits per heavy atom. The van der Waals surface area contributed by atoms with Gasteiger partial charge in [0.15, 0.2) is 5.82 Å². The van der Waals surface area contributed by atoms with Gasteiger partial charge in [-0.25, -0.2) is 9.97 Å². The minimum atomic E-state index is -0.116. The van der Waals surface area contributed by atoms with Gasteiger partial charge >= 0.3 is 0 Å². The molecule has 0 aromatic carbocycles. The van der Waals surface area contributed by atoms with Crippen molar-refractivity contribution in [3.63, 3.8) is 0 Å². The molecule has 3 N–H and O–H groups in total. The molecule has 1 amide bonds. The number of hydrogen-bond donors (Lipinski definition) is 2. The molecule has 0 unspecified atom stereocenters. The van der Waals surface area contributed by atoms with Gasteiger partial charge in [0.2, 0.25) is 5.91 Å². The lowest BCUT2D eigenvalue weighted by Gasteiger charge is -2.21. The van der Waals surface area contributed by atoms with E-state index in [1.807, 2.05) is 6.92 Å². The van der Waals surface area contributed by atoms with Gasteiger partial charge in [-0.05, 0) is 6.92 Å². The number of nitrogens with zero attached hydrogens (tertiary/aromatic N) is 3. The number of rotatable bonds is 4. The van der Waals surface area contributed by atoms with E-state index in [1.54, 1.807) is 11.9 Å². The molecule has 0 fully saturated rings. The Hall–Kier alpha value is -1.56. The van der Waals surface area contributed by atoms with Crippen molar-refractivity contribution in [2.45, 2.75) is 6.92 Å². The van der Waals surface area contributed by atoms with Crippen LogP contribution < -0.4 is 16.0 Å². The third-order valence-electron chi connectivity index (χ3n) is 2.09. The number of carbonyl (C=O) groups is 1. The van der Waals surface area contributed by atoms with Crippen molar-refractivity contribution in [1.82, 2.24) is 15.3 Å². The van der Waals surface area contributed by atoms with Crippen LogP contribution in [0.25, 0.3) is 0 Å². The Morgan fingerprint density at radius 1 is 1.62 bits per heavy atom. The van der Waals surface area contributed by atoms with Gasteiger partial charge in [0.1, 0.15) is 17.2 Å². The molecule has 0 radical (unpaired) electrons. The van der Waals surface area contributed by atoms with E-state index in [0.717, 1.165) is 0 Å². The number of amides is 1. The monoisotopic (exact) mass is 243 g/mol.